The maximum Gasteiger partial charge on any atom is 0.573 e. The van der Waals surface area contributed by atoms with E-state index in [0.29, 0.717) is 10.8 Å². The van der Waals surface area contributed by atoms with Crippen LogP contribution in [0, 0.1) is 0 Å². The van der Waals surface area contributed by atoms with Crippen LogP contribution in [0.15, 0.2) is 22.7 Å². The lowest BCUT2D eigenvalue weighted by atomic mass is 10.1. The first-order valence-electron chi connectivity index (χ1n) is 3.90. The predicted octanol–water partition coefficient (Wildman–Crippen LogP) is 3.09. The van der Waals surface area contributed by atoms with Crippen molar-refractivity contribution in [1.82, 2.24) is 0 Å². The molecule has 1 rings (SSSR count). The summed E-state index contributed by atoms with van der Waals surface area (Å²) in [5.41, 5.74) is 0.200. The zero-order valence-electron chi connectivity index (χ0n) is 7.34. The third-order valence-electron chi connectivity index (χ3n) is 1.56. The van der Waals surface area contributed by atoms with E-state index in [0.717, 1.165) is 0 Å². The first-order chi connectivity index (χ1) is 6.92. The highest BCUT2D eigenvalue weighted by Gasteiger charge is 2.32. The summed E-state index contributed by atoms with van der Waals surface area (Å²) in [6.07, 6.45) is -4.34. The number of ether oxygens (including phenoxy) is 1. The molecule has 0 bridgehead atoms. The Morgan fingerprint density at radius 1 is 1.40 bits per heavy atom. The molecule has 0 amide bonds. The number of alkyl halides is 3. The van der Waals surface area contributed by atoms with Gasteiger partial charge >= 0.3 is 6.36 Å². The zero-order chi connectivity index (χ0) is 11.5. The fourth-order valence-corrected chi connectivity index (χ4v) is 1.35. The molecule has 82 valence electrons. The van der Waals surface area contributed by atoms with Crippen molar-refractivity contribution < 1.29 is 22.7 Å². The van der Waals surface area contributed by atoms with Gasteiger partial charge in [-0.25, -0.2) is 0 Å². The van der Waals surface area contributed by atoms with Gasteiger partial charge < -0.3 is 9.53 Å². The highest BCUT2D eigenvalue weighted by atomic mass is 79.9. The van der Waals surface area contributed by atoms with Gasteiger partial charge in [-0.3, -0.25) is 0 Å². The van der Waals surface area contributed by atoms with Crippen molar-refractivity contribution in [2.75, 3.05) is 0 Å². The van der Waals surface area contributed by atoms with Crippen LogP contribution < -0.4 is 4.74 Å². The summed E-state index contributed by atoms with van der Waals surface area (Å²) in [7, 11) is 0. The molecule has 0 saturated carbocycles. The predicted molar refractivity (Wildman–Crippen MR) is 50.6 cm³/mol. The van der Waals surface area contributed by atoms with Crippen molar-refractivity contribution in [3.05, 3.63) is 28.2 Å². The Morgan fingerprint density at radius 3 is 2.60 bits per heavy atom. The van der Waals surface area contributed by atoms with Crippen LogP contribution in [0.1, 0.15) is 5.56 Å². The third-order valence-corrected chi connectivity index (χ3v) is 2.05. The topological polar surface area (TPSA) is 26.3 Å². The Hall–Kier alpha value is -1.04. The van der Waals surface area contributed by atoms with Gasteiger partial charge in [0, 0.05) is 16.5 Å². The molecule has 0 radical (unpaired) electrons. The van der Waals surface area contributed by atoms with E-state index in [4.69, 9.17) is 0 Å². The summed E-state index contributed by atoms with van der Waals surface area (Å²) in [6.45, 7) is 0. The minimum absolute atomic E-state index is 0.112. The molecule has 0 saturated heterocycles. The molecule has 1 aromatic rings. The molecule has 0 N–H and O–H groups in total. The van der Waals surface area contributed by atoms with Gasteiger partial charge in [-0.2, -0.15) is 0 Å². The lowest BCUT2D eigenvalue weighted by molar-refractivity contribution is -0.274. The van der Waals surface area contributed by atoms with E-state index in [1.54, 1.807) is 6.07 Å². The molecule has 1 aromatic carbocycles. The summed E-state index contributed by atoms with van der Waals surface area (Å²) in [5, 5.41) is 0. The molecule has 0 heterocycles. The van der Waals surface area contributed by atoms with E-state index >= 15 is 0 Å². The van der Waals surface area contributed by atoms with Gasteiger partial charge in [0.05, 0.1) is 0 Å². The lowest BCUT2D eigenvalue weighted by Crippen LogP contribution is -2.18. The van der Waals surface area contributed by atoms with E-state index in [2.05, 4.69) is 20.7 Å². The van der Waals surface area contributed by atoms with Crippen LogP contribution in [-0.2, 0) is 11.2 Å². The van der Waals surface area contributed by atoms with Crippen molar-refractivity contribution in [2.45, 2.75) is 12.8 Å². The van der Waals surface area contributed by atoms with E-state index < -0.39 is 6.36 Å². The van der Waals surface area contributed by atoms with Crippen molar-refractivity contribution in [3.8, 4) is 5.75 Å². The van der Waals surface area contributed by atoms with Crippen LogP contribution in [-0.4, -0.2) is 12.6 Å². The van der Waals surface area contributed by atoms with Gasteiger partial charge in [-0.05, 0) is 12.1 Å². The van der Waals surface area contributed by atoms with Crippen LogP contribution >= 0.6 is 15.9 Å². The summed E-state index contributed by atoms with van der Waals surface area (Å²) in [4.78, 5) is 10.2. The van der Waals surface area contributed by atoms with Gasteiger partial charge in [-0.15, -0.1) is 13.2 Å². The maximum atomic E-state index is 12.0. The molecule has 0 aliphatic heterocycles. The van der Waals surface area contributed by atoms with Gasteiger partial charge in [0.15, 0.2) is 0 Å². The second-order valence-electron chi connectivity index (χ2n) is 2.67. The molecule has 6 heteroatoms. The normalized spacial score (nSPS) is 11.2. The van der Waals surface area contributed by atoms with E-state index in [-0.39, 0.29) is 17.7 Å². The molecule has 0 aromatic heterocycles. The van der Waals surface area contributed by atoms with Crippen LogP contribution in [0.3, 0.4) is 0 Å². The second kappa shape index (κ2) is 4.65. The molecule has 0 aliphatic carbocycles. The highest BCUT2D eigenvalue weighted by Crippen LogP contribution is 2.29. The number of carbonyl (C=O) groups excluding carboxylic acids is 1. The number of rotatable bonds is 3. The molecule has 0 unspecified atom stereocenters. The van der Waals surface area contributed by atoms with Crippen molar-refractivity contribution in [2.24, 2.45) is 0 Å². The zero-order valence-corrected chi connectivity index (χ0v) is 8.93. The summed E-state index contributed by atoms with van der Waals surface area (Å²) < 4.78 is 40.1. The molecular formula is C9H6BrF3O2. The van der Waals surface area contributed by atoms with Crippen LogP contribution in [0.25, 0.3) is 0 Å². The SMILES string of the molecule is O=CCc1ccc(Br)cc1OC(F)(F)F. The Morgan fingerprint density at radius 2 is 2.07 bits per heavy atom. The van der Waals surface area contributed by atoms with E-state index in [1.165, 1.54) is 12.1 Å². The molecule has 0 aliphatic rings. The molecule has 0 atom stereocenters. The number of hydrogen-bond donors (Lipinski definition) is 0. The molecule has 0 fully saturated rings. The van der Waals surface area contributed by atoms with Crippen LogP contribution in [0.5, 0.6) is 5.75 Å². The largest absolute Gasteiger partial charge is 0.573 e. The number of benzene rings is 1. The number of halogens is 4. The summed E-state index contributed by atoms with van der Waals surface area (Å²) in [5.74, 6) is -0.357. The van der Waals surface area contributed by atoms with Crippen molar-refractivity contribution in [3.63, 3.8) is 0 Å². The van der Waals surface area contributed by atoms with Gasteiger partial charge in [0.2, 0.25) is 0 Å². The Labute approximate surface area is 92.2 Å². The number of carbonyl (C=O) groups is 1. The molecule has 2 nitrogen and oxygen atoms in total. The van der Waals surface area contributed by atoms with Crippen LogP contribution in [0.2, 0.25) is 0 Å². The standard InChI is InChI=1S/C9H6BrF3O2/c10-7-2-1-6(3-4-14)8(5-7)15-9(11,12)13/h1-2,4-5H,3H2. The van der Waals surface area contributed by atoms with Gasteiger partial charge in [-0.1, -0.05) is 22.0 Å². The monoisotopic (exact) mass is 282 g/mol. The average Bonchev–Trinajstić information content (AvgIpc) is 2.07. The first kappa shape index (κ1) is 12.0. The van der Waals surface area contributed by atoms with E-state index in [1.807, 2.05) is 0 Å². The highest BCUT2D eigenvalue weighted by molar-refractivity contribution is 9.10. The second-order valence-corrected chi connectivity index (χ2v) is 3.59. The Kier molecular flexibility index (Phi) is 3.73. The first-order valence-corrected chi connectivity index (χ1v) is 4.69. The molecular weight excluding hydrogens is 277 g/mol. The average molecular weight is 283 g/mol. The van der Waals surface area contributed by atoms with E-state index in [9.17, 15) is 18.0 Å². The fraction of sp³-hybridized carbons (Fsp3) is 0.222. The van der Waals surface area contributed by atoms with Gasteiger partial charge in [0.1, 0.15) is 12.0 Å². The fourth-order valence-electron chi connectivity index (χ4n) is 1.01. The summed E-state index contributed by atoms with van der Waals surface area (Å²) >= 11 is 3.02. The lowest BCUT2D eigenvalue weighted by Gasteiger charge is -2.12. The molecule has 15 heavy (non-hydrogen) atoms. The Balaban J connectivity index is 3.01. The third kappa shape index (κ3) is 3.91. The number of hydrogen-bond acceptors (Lipinski definition) is 2. The quantitative estimate of drug-likeness (QED) is 0.797. The number of aldehydes is 1. The molecule has 0 spiro atoms. The minimum atomic E-state index is -4.75. The van der Waals surface area contributed by atoms with Crippen molar-refractivity contribution in [1.29, 1.82) is 0 Å². The van der Waals surface area contributed by atoms with Gasteiger partial charge in [0.25, 0.3) is 0 Å². The maximum absolute atomic E-state index is 12.0. The smallest absolute Gasteiger partial charge is 0.405 e. The summed E-state index contributed by atoms with van der Waals surface area (Å²) in [6, 6.07) is 4.12. The van der Waals surface area contributed by atoms with Crippen molar-refractivity contribution >= 4 is 22.2 Å². The minimum Gasteiger partial charge on any atom is -0.405 e. The Bertz CT molecular complexity index is 363. The van der Waals surface area contributed by atoms with Crippen LogP contribution in [0.4, 0.5) is 13.2 Å².